The van der Waals surface area contributed by atoms with E-state index in [4.69, 9.17) is 5.73 Å². The molecule has 0 saturated heterocycles. The third kappa shape index (κ3) is 4.49. The normalized spacial score (nSPS) is 10.7. The Morgan fingerprint density at radius 2 is 1.89 bits per heavy atom. The molecule has 0 aliphatic heterocycles. The fourth-order valence-electron chi connectivity index (χ4n) is 1.81. The number of amides is 1. The highest BCUT2D eigenvalue weighted by atomic mass is 16.2. The number of nitrogens with zero attached hydrogens (tertiary/aromatic N) is 1. The average Bonchev–Trinajstić information content (AvgIpc) is 2.36. The summed E-state index contributed by atoms with van der Waals surface area (Å²) in [7, 11) is 1.83. The van der Waals surface area contributed by atoms with E-state index in [1.807, 2.05) is 7.05 Å². The van der Waals surface area contributed by atoms with E-state index in [-0.39, 0.29) is 5.91 Å². The first-order valence-corrected chi connectivity index (χ1v) is 6.57. The lowest BCUT2D eigenvalue weighted by atomic mass is 10.0. The molecule has 2 N–H and O–H groups in total. The molecule has 0 unspecified atom stereocenters. The fourth-order valence-corrected chi connectivity index (χ4v) is 1.81. The zero-order valence-corrected chi connectivity index (χ0v) is 11.6. The Labute approximate surface area is 110 Å². The van der Waals surface area contributed by atoms with Crippen LogP contribution in [0.15, 0.2) is 24.3 Å². The number of carbonyl (C=O) groups is 1. The van der Waals surface area contributed by atoms with Crippen LogP contribution in [-0.2, 0) is 11.2 Å². The lowest BCUT2D eigenvalue weighted by molar-refractivity contribution is -0.129. The first-order chi connectivity index (χ1) is 8.54. The lowest BCUT2D eigenvalue weighted by Crippen LogP contribution is -2.30. The summed E-state index contributed by atoms with van der Waals surface area (Å²) >= 11 is 0. The SMILES string of the molecule is CC(C)c1ccc(CCN(C)C(=O)CCN)cc1. The van der Waals surface area contributed by atoms with E-state index in [1.54, 1.807) is 4.90 Å². The lowest BCUT2D eigenvalue weighted by Gasteiger charge is -2.17. The van der Waals surface area contributed by atoms with Crippen molar-refractivity contribution in [2.45, 2.75) is 32.6 Å². The van der Waals surface area contributed by atoms with Crippen molar-refractivity contribution in [1.29, 1.82) is 0 Å². The van der Waals surface area contributed by atoms with Crippen LogP contribution in [0.2, 0.25) is 0 Å². The van der Waals surface area contributed by atoms with Crippen LogP contribution in [0.4, 0.5) is 0 Å². The van der Waals surface area contributed by atoms with Gasteiger partial charge in [0.2, 0.25) is 5.91 Å². The van der Waals surface area contributed by atoms with Crippen molar-refractivity contribution in [3.05, 3.63) is 35.4 Å². The summed E-state index contributed by atoms with van der Waals surface area (Å²) in [6, 6.07) is 8.64. The Morgan fingerprint density at radius 1 is 1.28 bits per heavy atom. The van der Waals surface area contributed by atoms with Gasteiger partial charge in [-0.3, -0.25) is 4.79 Å². The highest BCUT2D eigenvalue weighted by molar-refractivity contribution is 5.76. The molecule has 1 amide bonds. The van der Waals surface area contributed by atoms with Gasteiger partial charge in [-0.2, -0.15) is 0 Å². The Hall–Kier alpha value is -1.35. The molecule has 1 aromatic rings. The van der Waals surface area contributed by atoms with E-state index in [9.17, 15) is 4.79 Å². The predicted octanol–water partition coefficient (Wildman–Crippen LogP) is 2.16. The van der Waals surface area contributed by atoms with Crippen LogP contribution >= 0.6 is 0 Å². The summed E-state index contributed by atoms with van der Waals surface area (Å²) in [4.78, 5) is 13.3. The van der Waals surface area contributed by atoms with Gasteiger partial charge < -0.3 is 10.6 Å². The second-order valence-corrected chi connectivity index (χ2v) is 5.00. The van der Waals surface area contributed by atoms with E-state index in [0.29, 0.717) is 18.9 Å². The quantitative estimate of drug-likeness (QED) is 0.838. The summed E-state index contributed by atoms with van der Waals surface area (Å²) in [5, 5.41) is 0. The molecule has 0 saturated carbocycles. The number of rotatable bonds is 6. The van der Waals surface area contributed by atoms with Crippen LogP contribution in [0, 0.1) is 0 Å². The molecule has 3 heteroatoms. The van der Waals surface area contributed by atoms with Crippen molar-refractivity contribution in [3.8, 4) is 0 Å². The molecule has 3 nitrogen and oxygen atoms in total. The van der Waals surface area contributed by atoms with Crippen molar-refractivity contribution in [1.82, 2.24) is 4.90 Å². The van der Waals surface area contributed by atoms with Crippen LogP contribution in [-0.4, -0.2) is 30.9 Å². The molecule has 0 atom stereocenters. The standard InChI is InChI=1S/C15H24N2O/c1-12(2)14-6-4-13(5-7-14)9-11-17(3)15(18)8-10-16/h4-7,12H,8-11,16H2,1-3H3. The second kappa shape index (κ2) is 7.17. The molecule has 0 fully saturated rings. The van der Waals surface area contributed by atoms with Crippen LogP contribution in [0.25, 0.3) is 0 Å². The Balaban J connectivity index is 2.46. The molecule has 0 heterocycles. The number of likely N-dealkylation sites (N-methyl/N-ethyl adjacent to an activating group) is 1. The molecule has 18 heavy (non-hydrogen) atoms. The number of hydrogen-bond acceptors (Lipinski definition) is 2. The molecule has 1 rings (SSSR count). The highest BCUT2D eigenvalue weighted by Gasteiger charge is 2.07. The summed E-state index contributed by atoms with van der Waals surface area (Å²) in [6.07, 6.45) is 1.33. The molecule has 0 aromatic heterocycles. The molecule has 0 aliphatic carbocycles. The third-order valence-electron chi connectivity index (χ3n) is 3.17. The molecule has 100 valence electrons. The monoisotopic (exact) mass is 248 g/mol. The van der Waals surface area contributed by atoms with Crippen molar-refractivity contribution < 1.29 is 4.79 Å². The zero-order chi connectivity index (χ0) is 13.5. The number of benzene rings is 1. The van der Waals surface area contributed by atoms with E-state index in [2.05, 4.69) is 38.1 Å². The van der Waals surface area contributed by atoms with Gasteiger partial charge in [-0.1, -0.05) is 38.1 Å². The van der Waals surface area contributed by atoms with Gasteiger partial charge in [-0.25, -0.2) is 0 Å². The minimum absolute atomic E-state index is 0.122. The summed E-state index contributed by atoms with van der Waals surface area (Å²) < 4.78 is 0. The molecule has 0 radical (unpaired) electrons. The van der Waals surface area contributed by atoms with Crippen LogP contribution < -0.4 is 5.73 Å². The number of hydrogen-bond donors (Lipinski definition) is 1. The van der Waals surface area contributed by atoms with Gasteiger partial charge in [-0.05, 0) is 23.5 Å². The summed E-state index contributed by atoms with van der Waals surface area (Å²) in [6.45, 7) is 5.55. The topological polar surface area (TPSA) is 46.3 Å². The van der Waals surface area contributed by atoms with Crippen molar-refractivity contribution in [2.75, 3.05) is 20.1 Å². The third-order valence-corrected chi connectivity index (χ3v) is 3.17. The van der Waals surface area contributed by atoms with Gasteiger partial charge in [0.15, 0.2) is 0 Å². The first-order valence-electron chi connectivity index (χ1n) is 6.57. The van der Waals surface area contributed by atoms with Crippen molar-refractivity contribution in [3.63, 3.8) is 0 Å². The minimum Gasteiger partial charge on any atom is -0.345 e. The minimum atomic E-state index is 0.122. The van der Waals surface area contributed by atoms with Crippen LogP contribution in [0.5, 0.6) is 0 Å². The van der Waals surface area contributed by atoms with Crippen molar-refractivity contribution >= 4 is 5.91 Å². The van der Waals surface area contributed by atoms with Gasteiger partial charge >= 0.3 is 0 Å². The van der Waals surface area contributed by atoms with E-state index >= 15 is 0 Å². The molecule has 0 aliphatic rings. The molecule has 0 spiro atoms. The van der Waals surface area contributed by atoms with E-state index < -0.39 is 0 Å². The van der Waals surface area contributed by atoms with Gasteiger partial charge in [-0.15, -0.1) is 0 Å². The smallest absolute Gasteiger partial charge is 0.223 e. The predicted molar refractivity (Wildman–Crippen MR) is 75.5 cm³/mol. The van der Waals surface area contributed by atoms with E-state index in [1.165, 1.54) is 11.1 Å². The van der Waals surface area contributed by atoms with Gasteiger partial charge in [0.05, 0.1) is 0 Å². The largest absolute Gasteiger partial charge is 0.345 e. The Morgan fingerprint density at radius 3 is 2.39 bits per heavy atom. The van der Waals surface area contributed by atoms with Crippen LogP contribution in [0.3, 0.4) is 0 Å². The second-order valence-electron chi connectivity index (χ2n) is 5.00. The van der Waals surface area contributed by atoms with Gasteiger partial charge in [0, 0.05) is 26.6 Å². The molecular formula is C15H24N2O. The average molecular weight is 248 g/mol. The molecular weight excluding hydrogens is 224 g/mol. The number of nitrogens with two attached hydrogens (primary N) is 1. The van der Waals surface area contributed by atoms with E-state index in [0.717, 1.165) is 13.0 Å². The maximum atomic E-state index is 11.6. The zero-order valence-electron chi connectivity index (χ0n) is 11.6. The van der Waals surface area contributed by atoms with Crippen LogP contribution in [0.1, 0.15) is 37.3 Å². The van der Waals surface area contributed by atoms with Gasteiger partial charge in [0.25, 0.3) is 0 Å². The van der Waals surface area contributed by atoms with Gasteiger partial charge in [0.1, 0.15) is 0 Å². The highest BCUT2D eigenvalue weighted by Crippen LogP contribution is 2.15. The first kappa shape index (κ1) is 14.7. The Bertz CT molecular complexity index is 371. The number of carbonyl (C=O) groups excluding carboxylic acids is 1. The maximum Gasteiger partial charge on any atom is 0.223 e. The maximum absolute atomic E-state index is 11.6. The molecule has 1 aromatic carbocycles. The van der Waals surface area contributed by atoms with Crippen molar-refractivity contribution in [2.24, 2.45) is 5.73 Å². The summed E-state index contributed by atoms with van der Waals surface area (Å²) in [5.41, 5.74) is 8.00. The fraction of sp³-hybridized carbons (Fsp3) is 0.533. The molecule has 0 bridgehead atoms. The Kier molecular flexibility index (Phi) is 5.86. The summed E-state index contributed by atoms with van der Waals surface area (Å²) in [5.74, 6) is 0.684.